The zero-order chi connectivity index (χ0) is 27.5. The van der Waals surface area contributed by atoms with E-state index in [9.17, 15) is 9.59 Å². The third-order valence-electron chi connectivity index (χ3n) is 7.44. The van der Waals surface area contributed by atoms with Gasteiger partial charge in [-0.3, -0.25) is 14.1 Å². The van der Waals surface area contributed by atoms with Gasteiger partial charge in [-0.05, 0) is 42.7 Å². The van der Waals surface area contributed by atoms with Crippen molar-refractivity contribution in [3.63, 3.8) is 0 Å². The molecule has 1 atom stereocenters. The van der Waals surface area contributed by atoms with E-state index in [-0.39, 0.29) is 17.9 Å². The number of ether oxygens (including phenoxy) is 2. The number of nitrogens with zero attached hydrogens (tertiary/aromatic N) is 5. The highest BCUT2D eigenvalue weighted by Gasteiger charge is 2.39. The van der Waals surface area contributed by atoms with Gasteiger partial charge in [-0.2, -0.15) is 0 Å². The number of nitrogens with one attached hydrogen (secondary N) is 2. The summed E-state index contributed by atoms with van der Waals surface area (Å²) in [6.07, 6.45) is 3.47. The number of imidazole rings is 1. The van der Waals surface area contributed by atoms with E-state index in [0.29, 0.717) is 42.6 Å². The molecule has 2 fully saturated rings. The van der Waals surface area contributed by atoms with Gasteiger partial charge in [0.25, 0.3) is 5.91 Å². The normalized spacial score (nSPS) is 19.7. The number of pyridine rings is 1. The number of anilines is 1. The second kappa shape index (κ2) is 11.6. The van der Waals surface area contributed by atoms with E-state index >= 15 is 0 Å². The summed E-state index contributed by atoms with van der Waals surface area (Å²) < 4.78 is 12.5. The molecule has 210 valence electrons. The molecule has 0 saturated carbocycles. The van der Waals surface area contributed by atoms with E-state index in [1.54, 1.807) is 15.5 Å². The maximum atomic E-state index is 13.0. The molecule has 3 aliphatic rings. The molecule has 0 radical (unpaired) electrons. The number of amides is 2. The van der Waals surface area contributed by atoms with Gasteiger partial charge in [-0.25, -0.2) is 14.8 Å². The molecule has 1 aromatic carbocycles. The van der Waals surface area contributed by atoms with Crippen LogP contribution in [0.25, 0.3) is 5.65 Å². The molecule has 3 aromatic rings. The largest absolute Gasteiger partial charge is 0.449 e. The van der Waals surface area contributed by atoms with E-state index in [2.05, 4.69) is 20.7 Å². The molecular formula is C28H33N7O5. The minimum atomic E-state index is -0.414. The summed E-state index contributed by atoms with van der Waals surface area (Å²) in [5, 5.41) is 3.00. The lowest BCUT2D eigenvalue weighted by atomic mass is 10.0. The topological polar surface area (TPSA) is 122 Å². The summed E-state index contributed by atoms with van der Waals surface area (Å²) >= 11 is 0. The van der Waals surface area contributed by atoms with Crippen LogP contribution in [0.4, 0.5) is 10.5 Å². The zero-order valence-corrected chi connectivity index (χ0v) is 22.4. The Morgan fingerprint density at radius 1 is 1.18 bits per heavy atom. The number of carbonyl (C=O) groups is 2. The van der Waals surface area contributed by atoms with Gasteiger partial charge in [-0.15, -0.1) is 5.48 Å². The standard InChI is InChI=1S/C28H33N7O5/c1-19-6-7-20(15-22(19)30-26(36)23-16-29-24-5-2-3-9-35(23)24)25-31-27(40-32-25)21-17-34(18-21)28(37)39-12-4-8-33-10-13-38-14-11-33/h2-3,5-7,9,15-16,21,25,32H,4,8,10-14,17-18H2,1H3,(H,30,36). The van der Waals surface area contributed by atoms with Crippen molar-refractivity contribution in [1.29, 1.82) is 0 Å². The number of aliphatic imine (C=N–C) groups is 1. The number of likely N-dealkylation sites (tertiary alicyclic amines) is 1. The van der Waals surface area contributed by atoms with E-state index < -0.39 is 6.17 Å². The van der Waals surface area contributed by atoms with Gasteiger partial charge in [0.1, 0.15) is 11.3 Å². The Labute approximate surface area is 231 Å². The van der Waals surface area contributed by atoms with Crippen molar-refractivity contribution < 1.29 is 23.9 Å². The first kappa shape index (κ1) is 26.2. The van der Waals surface area contributed by atoms with Crippen molar-refractivity contribution >= 4 is 29.2 Å². The number of benzene rings is 1. The quantitative estimate of drug-likeness (QED) is 0.413. The summed E-state index contributed by atoms with van der Waals surface area (Å²) in [5.74, 6) is 0.331. The van der Waals surface area contributed by atoms with Crippen LogP contribution < -0.4 is 10.8 Å². The first-order valence-electron chi connectivity index (χ1n) is 13.6. The Morgan fingerprint density at radius 3 is 2.88 bits per heavy atom. The predicted molar refractivity (Wildman–Crippen MR) is 147 cm³/mol. The van der Waals surface area contributed by atoms with Gasteiger partial charge in [0.2, 0.25) is 5.90 Å². The number of hydroxylamine groups is 1. The first-order valence-corrected chi connectivity index (χ1v) is 13.6. The van der Waals surface area contributed by atoms with Crippen molar-refractivity contribution in [3.8, 4) is 0 Å². The molecule has 12 nitrogen and oxygen atoms in total. The summed E-state index contributed by atoms with van der Waals surface area (Å²) in [5.41, 5.74) is 6.58. The second-order valence-electron chi connectivity index (χ2n) is 10.2. The zero-order valence-electron chi connectivity index (χ0n) is 22.4. The molecule has 3 aliphatic heterocycles. The summed E-state index contributed by atoms with van der Waals surface area (Å²) in [4.78, 5) is 44.1. The predicted octanol–water partition coefficient (Wildman–Crippen LogP) is 2.62. The van der Waals surface area contributed by atoms with Crippen LogP contribution in [0, 0.1) is 12.8 Å². The molecule has 40 heavy (non-hydrogen) atoms. The minimum Gasteiger partial charge on any atom is -0.449 e. The van der Waals surface area contributed by atoms with Crippen LogP contribution in [-0.4, -0.2) is 89.6 Å². The molecule has 0 bridgehead atoms. The lowest BCUT2D eigenvalue weighted by Gasteiger charge is -2.37. The van der Waals surface area contributed by atoms with E-state index in [0.717, 1.165) is 50.4 Å². The number of aromatic nitrogens is 2. The summed E-state index contributed by atoms with van der Waals surface area (Å²) in [6.45, 7) is 7.65. The smallest absolute Gasteiger partial charge is 0.409 e. The van der Waals surface area contributed by atoms with Crippen LogP contribution in [0.3, 0.4) is 0 Å². The van der Waals surface area contributed by atoms with Crippen LogP contribution in [0.5, 0.6) is 0 Å². The Morgan fingerprint density at radius 2 is 2.02 bits per heavy atom. The molecule has 5 heterocycles. The average molecular weight is 548 g/mol. The maximum absolute atomic E-state index is 13.0. The van der Waals surface area contributed by atoms with Crippen LogP contribution >= 0.6 is 0 Å². The van der Waals surface area contributed by atoms with Gasteiger partial charge in [0.05, 0.1) is 31.9 Å². The van der Waals surface area contributed by atoms with Crippen LogP contribution in [0.15, 0.2) is 53.8 Å². The summed E-state index contributed by atoms with van der Waals surface area (Å²) in [6, 6.07) is 11.4. The number of fused-ring (bicyclic) bond motifs is 1. The first-order chi connectivity index (χ1) is 19.5. The van der Waals surface area contributed by atoms with Crippen LogP contribution in [0.1, 0.15) is 34.2 Å². The number of hydrogen-bond acceptors (Lipinski definition) is 9. The molecular weight excluding hydrogens is 514 g/mol. The highest BCUT2D eigenvalue weighted by molar-refractivity contribution is 6.04. The lowest BCUT2D eigenvalue weighted by Crippen LogP contribution is -2.53. The van der Waals surface area contributed by atoms with Gasteiger partial charge in [-0.1, -0.05) is 18.2 Å². The summed E-state index contributed by atoms with van der Waals surface area (Å²) in [7, 11) is 0. The van der Waals surface area contributed by atoms with Crippen molar-refractivity contribution in [1.82, 2.24) is 24.7 Å². The SMILES string of the molecule is Cc1ccc(C2N=C(C3CN(C(=O)OCCCN4CCOCC4)C3)ON2)cc1NC(=O)c1cnc2ccccn12. The molecule has 12 heteroatoms. The Hall–Kier alpha value is -4.00. The minimum absolute atomic E-state index is 0.0122. The Bertz CT molecular complexity index is 1410. The van der Waals surface area contributed by atoms with Gasteiger partial charge >= 0.3 is 6.09 Å². The fraction of sp³-hybridized carbons (Fsp3) is 0.429. The number of morpholine rings is 1. The fourth-order valence-corrected chi connectivity index (χ4v) is 5.01. The van der Waals surface area contributed by atoms with Gasteiger partial charge in [0.15, 0.2) is 6.17 Å². The molecule has 0 spiro atoms. The number of hydrogen-bond donors (Lipinski definition) is 2. The van der Waals surface area contributed by atoms with Crippen molar-refractivity contribution in [3.05, 3.63) is 65.6 Å². The van der Waals surface area contributed by atoms with E-state index in [1.165, 1.54) is 0 Å². The van der Waals surface area contributed by atoms with Gasteiger partial charge in [0, 0.05) is 44.6 Å². The highest BCUT2D eigenvalue weighted by atomic mass is 16.7. The third kappa shape index (κ3) is 5.64. The van der Waals surface area contributed by atoms with Crippen molar-refractivity contribution in [2.45, 2.75) is 19.5 Å². The fourth-order valence-electron chi connectivity index (χ4n) is 5.01. The highest BCUT2D eigenvalue weighted by Crippen LogP contribution is 2.29. The molecule has 1 unspecified atom stereocenters. The van der Waals surface area contributed by atoms with Crippen molar-refractivity contribution in [2.75, 3.05) is 57.9 Å². The molecule has 6 rings (SSSR count). The monoisotopic (exact) mass is 547 g/mol. The lowest BCUT2D eigenvalue weighted by molar-refractivity contribution is 0.0304. The maximum Gasteiger partial charge on any atom is 0.409 e. The molecule has 2 saturated heterocycles. The second-order valence-corrected chi connectivity index (χ2v) is 10.2. The van der Waals surface area contributed by atoms with Crippen molar-refractivity contribution in [2.24, 2.45) is 10.9 Å². The molecule has 2 N–H and O–H groups in total. The van der Waals surface area contributed by atoms with E-state index in [4.69, 9.17) is 19.3 Å². The van der Waals surface area contributed by atoms with Crippen LogP contribution in [-0.2, 0) is 14.3 Å². The number of rotatable bonds is 8. The number of aryl methyl sites for hydroxylation is 1. The van der Waals surface area contributed by atoms with Crippen LogP contribution in [0.2, 0.25) is 0 Å². The Kier molecular flexibility index (Phi) is 7.62. The number of carbonyl (C=O) groups excluding carboxylic acids is 2. The van der Waals surface area contributed by atoms with E-state index in [1.807, 2.05) is 49.5 Å². The molecule has 2 amide bonds. The molecule has 2 aromatic heterocycles. The molecule has 0 aliphatic carbocycles. The Balaban J connectivity index is 1.00. The van der Waals surface area contributed by atoms with Gasteiger partial charge < -0.3 is 24.5 Å². The average Bonchev–Trinajstić information content (AvgIpc) is 3.60. The third-order valence-corrected chi connectivity index (χ3v) is 7.44.